The molecule has 5 nitrogen and oxygen atoms in total. The van der Waals surface area contributed by atoms with Gasteiger partial charge < -0.3 is 15.2 Å². The van der Waals surface area contributed by atoms with Gasteiger partial charge in [0.2, 0.25) is 0 Å². The number of esters is 1. The fraction of sp³-hybridized carbons (Fsp3) is 0.533. The van der Waals surface area contributed by atoms with Crippen molar-refractivity contribution in [1.29, 1.82) is 0 Å². The van der Waals surface area contributed by atoms with Gasteiger partial charge in [0.05, 0.1) is 13.2 Å². The van der Waals surface area contributed by atoms with Gasteiger partial charge in [0.15, 0.2) is 0 Å². The molecule has 1 unspecified atom stereocenters. The quantitative estimate of drug-likeness (QED) is 0.652. The fourth-order valence-electron chi connectivity index (χ4n) is 2.35. The average Bonchev–Trinajstić information content (AvgIpc) is 2.41. The number of nitrogens with zero attached hydrogens (tertiary/aromatic N) is 1. The third-order valence-electron chi connectivity index (χ3n) is 3.26. The second-order valence-electron chi connectivity index (χ2n) is 5.02. The van der Waals surface area contributed by atoms with Crippen molar-refractivity contribution in [3.05, 3.63) is 24.3 Å². The molecule has 20 heavy (non-hydrogen) atoms. The van der Waals surface area contributed by atoms with E-state index in [0.717, 1.165) is 31.7 Å². The van der Waals surface area contributed by atoms with Crippen molar-refractivity contribution in [2.75, 3.05) is 26.2 Å². The summed E-state index contributed by atoms with van der Waals surface area (Å²) < 4.78 is 10.6. The normalized spacial score (nSPS) is 19.6. The van der Waals surface area contributed by atoms with Gasteiger partial charge in [-0.25, -0.2) is 0 Å². The Morgan fingerprint density at radius 1 is 1.35 bits per heavy atom. The highest BCUT2D eigenvalue weighted by molar-refractivity contribution is 5.74. The second kappa shape index (κ2) is 7.26. The number of carbonyl (C=O) groups is 1. The topological polar surface area (TPSA) is 64.8 Å². The molecule has 1 heterocycles. The number of carbonyl (C=O) groups excluding carboxylic acids is 1. The van der Waals surface area contributed by atoms with Crippen LogP contribution in [0.2, 0.25) is 0 Å². The van der Waals surface area contributed by atoms with Crippen LogP contribution in [0.5, 0.6) is 11.5 Å². The van der Waals surface area contributed by atoms with Crippen LogP contribution in [0.25, 0.3) is 0 Å². The zero-order valence-corrected chi connectivity index (χ0v) is 11.9. The molecule has 0 saturated carbocycles. The Bertz CT molecular complexity index is 433. The third-order valence-corrected chi connectivity index (χ3v) is 3.26. The van der Waals surface area contributed by atoms with Crippen molar-refractivity contribution in [3.63, 3.8) is 0 Å². The van der Waals surface area contributed by atoms with Crippen molar-refractivity contribution in [2.24, 2.45) is 5.73 Å². The SMILES string of the molecule is CCOc1ccc(OC(=O)CN2CCCC(N)C2)cc1. The van der Waals surface area contributed by atoms with Crippen LogP contribution in [0, 0.1) is 0 Å². The van der Waals surface area contributed by atoms with Gasteiger partial charge in [0.1, 0.15) is 11.5 Å². The Kier molecular flexibility index (Phi) is 5.38. The van der Waals surface area contributed by atoms with Gasteiger partial charge in [-0.05, 0) is 50.6 Å². The summed E-state index contributed by atoms with van der Waals surface area (Å²) in [5, 5.41) is 0. The molecule has 0 aliphatic carbocycles. The van der Waals surface area contributed by atoms with E-state index in [-0.39, 0.29) is 12.0 Å². The first-order valence-electron chi connectivity index (χ1n) is 7.09. The smallest absolute Gasteiger partial charge is 0.325 e. The summed E-state index contributed by atoms with van der Waals surface area (Å²) in [7, 11) is 0. The van der Waals surface area contributed by atoms with Crippen LogP contribution in [0.4, 0.5) is 0 Å². The summed E-state index contributed by atoms with van der Waals surface area (Å²) >= 11 is 0. The number of ether oxygens (including phenoxy) is 2. The summed E-state index contributed by atoms with van der Waals surface area (Å²) in [5.41, 5.74) is 5.89. The summed E-state index contributed by atoms with van der Waals surface area (Å²) in [5.74, 6) is 1.07. The number of piperidine rings is 1. The standard InChI is InChI=1S/C15H22N2O3/c1-2-19-13-5-7-14(8-6-13)20-15(18)11-17-9-3-4-12(16)10-17/h5-8,12H,2-4,9-11,16H2,1H3. The summed E-state index contributed by atoms with van der Waals surface area (Å²) in [6.45, 7) is 4.51. The largest absolute Gasteiger partial charge is 0.494 e. The number of nitrogens with two attached hydrogens (primary N) is 1. The predicted molar refractivity (Wildman–Crippen MR) is 76.9 cm³/mol. The van der Waals surface area contributed by atoms with E-state index >= 15 is 0 Å². The molecule has 1 aromatic carbocycles. The maximum atomic E-state index is 11.9. The van der Waals surface area contributed by atoms with Crippen molar-refractivity contribution >= 4 is 5.97 Å². The molecule has 5 heteroatoms. The lowest BCUT2D eigenvalue weighted by Gasteiger charge is -2.29. The number of rotatable bonds is 5. The fourth-order valence-corrected chi connectivity index (χ4v) is 2.35. The van der Waals surface area contributed by atoms with E-state index in [1.54, 1.807) is 24.3 Å². The first-order valence-corrected chi connectivity index (χ1v) is 7.09. The number of hydrogen-bond donors (Lipinski definition) is 1. The van der Waals surface area contributed by atoms with E-state index in [9.17, 15) is 4.79 Å². The molecular formula is C15H22N2O3. The molecule has 2 N–H and O–H groups in total. The zero-order chi connectivity index (χ0) is 14.4. The minimum absolute atomic E-state index is 0.169. The molecule has 0 amide bonds. The van der Waals surface area contributed by atoms with Crippen molar-refractivity contribution in [1.82, 2.24) is 4.90 Å². The van der Waals surface area contributed by atoms with Crippen LogP contribution in [-0.4, -0.2) is 43.2 Å². The Hall–Kier alpha value is -1.59. The molecule has 1 atom stereocenters. The first kappa shape index (κ1) is 14.8. The Balaban J connectivity index is 1.81. The Morgan fingerprint density at radius 3 is 2.70 bits per heavy atom. The molecule has 1 aliphatic heterocycles. The summed E-state index contributed by atoms with van der Waals surface area (Å²) in [6, 6.07) is 7.24. The minimum atomic E-state index is -0.247. The van der Waals surface area contributed by atoms with Gasteiger partial charge in [-0.15, -0.1) is 0 Å². The molecule has 0 radical (unpaired) electrons. The van der Waals surface area contributed by atoms with Crippen LogP contribution in [0.15, 0.2) is 24.3 Å². The molecule has 2 rings (SSSR count). The molecule has 1 fully saturated rings. The highest BCUT2D eigenvalue weighted by Gasteiger charge is 2.19. The monoisotopic (exact) mass is 278 g/mol. The van der Waals surface area contributed by atoms with E-state index in [0.29, 0.717) is 18.9 Å². The van der Waals surface area contributed by atoms with Crippen LogP contribution in [0.3, 0.4) is 0 Å². The van der Waals surface area contributed by atoms with Crippen molar-refractivity contribution in [2.45, 2.75) is 25.8 Å². The molecule has 0 spiro atoms. The van der Waals surface area contributed by atoms with Gasteiger partial charge in [0.25, 0.3) is 0 Å². The number of likely N-dealkylation sites (tertiary alicyclic amines) is 1. The lowest BCUT2D eigenvalue weighted by molar-refractivity contribution is -0.135. The van der Waals surface area contributed by atoms with E-state index in [1.165, 1.54) is 0 Å². The number of benzene rings is 1. The van der Waals surface area contributed by atoms with Crippen LogP contribution in [0.1, 0.15) is 19.8 Å². The number of hydrogen-bond acceptors (Lipinski definition) is 5. The van der Waals surface area contributed by atoms with Gasteiger partial charge in [0, 0.05) is 12.6 Å². The highest BCUT2D eigenvalue weighted by atomic mass is 16.5. The van der Waals surface area contributed by atoms with E-state index < -0.39 is 0 Å². The molecule has 0 aromatic heterocycles. The maximum Gasteiger partial charge on any atom is 0.325 e. The van der Waals surface area contributed by atoms with Crippen molar-refractivity contribution in [3.8, 4) is 11.5 Å². The Labute approximate surface area is 119 Å². The highest BCUT2D eigenvalue weighted by Crippen LogP contribution is 2.18. The van der Waals surface area contributed by atoms with Gasteiger partial charge >= 0.3 is 5.97 Å². The molecule has 1 aromatic rings. The molecule has 110 valence electrons. The van der Waals surface area contributed by atoms with Gasteiger partial charge in [-0.3, -0.25) is 9.69 Å². The molecular weight excluding hydrogens is 256 g/mol. The second-order valence-corrected chi connectivity index (χ2v) is 5.02. The summed E-state index contributed by atoms with van der Waals surface area (Å²) in [4.78, 5) is 13.9. The Morgan fingerprint density at radius 2 is 2.05 bits per heavy atom. The molecule has 0 bridgehead atoms. The zero-order valence-electron chi connectivity index (χ0n) is 11.9. The van der Waals surface area contributed by atoms with E-state index in [4.69, 9.17) is 15.2 Å². The minimum Gasteiger partial charge on any atom is -0.494 e. The average molecular weight is 278 g/mol. The van der Waals surface area contributed by atoms with Crippen molar-refractivity contribution < 1.29 is 14.3 Å². The lowest BCUT2D eigenvalue weighted by atomic mass is 10.1. The van der Waals surface area contributed by atoms with Crippen LogP contribution in [-0.2, 0) is 4.79 Å². The first-order chi connectivity index (χ1) is 9.67. The van der Waals surface area contributed by atoms with Crippen LogP contribution < -0.4 is 15.2 Å². The third kappa shape index (κ3) is 4.51. The molecule has 1 aliphatic rings. The summed E-state index contributed by atoms with van der Waals surface area (Å²) in [6.07, 6.45) is 2.07. The van der Waals surface area contributed by atoms with Gasteiger partial charge in [-0.2, -0.15) is 0 Å². The molecule has 1 saturated heterocycles. The van der Waals surface area contributed by atoms with E-state index in [1.807, 2.05) is 11.8 Å². The van der Waals surface area contributed by atoms with Gasteiger partial charge in [-0.1, -0.05) is 0 Å². The van der Waals surface area contributed by atoms with E-state index in [2.05, 4.69) is 0 Å². The maximum absolute atomic E-state index is 11.9. The van der Waals surface area contributed by atoms with Crippen LogP contribution >= 0.6 is 0 Å². The lowest BCUT2D eigenvalue weighted by Crippen LogP contribution is -2.45. The predicted octanol–water partition coefficient (Wildman–Crippen LogP) is 1.41.